The van der Waals surface area contributed by atoms with Crippen LogP contribution in [0.3, 0.4) is 0 Å². The molecule has 0 bridgehead atoms. The summed E-state index contributed by atoms with van der Waals surface area (Å²) in [6.45, 7) is 0.978. The number of pyridine rings is 1. The molecule has 2 aliphatic heterocycles. The molecule has 5 rings (SSSR count). The van der Waals surface area contributed by atoms with E-state index in [2.05, 4.69) is 18.4 Å². The van der Waals surface area contributed by atoms with Crippen molar-refractivity contribution in [3.8, 4) is 11.5 Å². The van der Waals surface area contributed by atoms with Crippen LogP contribution in [0.5, 0.6) is 11.5 Å². The van der Waals surface area contributed by atoms with Gasteiger partial charge in [-0.15, -0.1) is 11.8 Å². The van der Waals surface area contributed by atoms with Crippen molar-refractivity contribution in [1.82, 2.24) is 4.57 Å². The van der Waals surface area contributed by atoms with Crippen molar-refractivity contribution in [2.75, 3.05) is 13.0 Å². The van der Waals surface area contributed by atoms with E-state index in [0.29, 0.717) is 11.1 Å². The molecule has 2 aliphatic rings. The van der Waals surface area contributed by atoms with Gasteiger partial charge in [0.2, 0.25) is 6.79 Å². The average molecular weight is 311 g/mol. The standard InChI is InChI=1S/C17H13NO3S/c1-22-10-4-9-2-3-18-16(9)12(5-10)11-6-14-15(21-8-20-14)7-13(11)17(18)19/h4-7H,2-3,8H2,1H3. The molecule has 3 heterocycles. The van der Waals surface area contributed by atoms with Crippen LogP contribution in [-0.2, 0) is 13.0 Å². The molecule has 4 nitrogen and oxygen atoms in total. The molecule has 22 heavy (non-hydrogen) atoms. The lowest BCUT2D eigenvalue weighted by Gasteiger charge is -2.10. The van der Waals surface area contributed by atoms with Crippen LogP contribution in [0.1, 0.15) is 5.56 Å². The predicted octanol–water partition coefficient (Wildman–Crippen LogP) is 3.16. The summed E-state index contributed by atoms with van der Waals surface area (Å²) in [7, 11) is 0. The van der Waals surface area contributed by atoms with Gasteiger partial charge in [0.25, 0.3) is 5.56 Å². The zero-order chi connectivity index (χ0) is 14.8. The molecule has 1 aromatic heterocycles. The highest BCUT2D eigenvalue weighted by atomic mass is 32.2. The molecular weight excluding hydrogens is 298 g/mol. The summed E-state index contributed by atoms with van der Waals surface area (Å²) in [5.74, 6) is 1.39. The number of nitrogens with zero attached hydrogens (tertiary/aromatic N) is 1. The summed E-state index contributed by atoms with van der Waals surface area (Å²) in [6.07, 6.45) is 3.00. The van der Waals surface area contributed by atoms with Crippen LogP contribution < -0.4 is 15.0 Å². The molecular formula is C17H13NO3S. The maximum Gasteiger partial charge on any atom is 0.259 e. The Kier molecular flexibility index (Phi) is 2.37. The minimum atomic E-state index is 0.0662. The molecule has 0 amide bonds. The largest absolute Gasteiger partial charge is 0.454 e. The van der Waals surface area contributed by atoms with Gasteiger partial charge in [0.05, 0.1) is 10.9 Å². The van der Waals surface area contributed by atoms with Crippen LogP contribution in [-0.4, -0.2) is 17.6 Å². The molecule has 0 saturated heterocycles. The Balaban J connectivity index is 2.04. The van der Waals surface area contributed by atoms with E-state index in [1.165, 1.54) is 10.5 Å². The Labute approximate surface area is 130 Å². The number of thioether (sulfide) groups is 1. The quantitative estimate of drug-likeness (QED) is 0.511. The molecule has 110 valence electrons. The number of rotatable bonds is 1. The first-order chi connectivity index (χ1) is 10.8. The summed E-state index contributed by atoms with van der Waals surface area (Å²) < 4.78 is 12.8. The zero-order valence-corrected chi connectivity index (χ0v) is 12.8. The molecule has 0 atom stereocenters. The number of ether oxygens (including phenoxy) is 2. The maximum absolute atomic E-state index is 12.8. The van der Waals surface area contributed by atoms with Crippen LogP contribution in [0.2, 0.25) is 0 Å². The van der Waals surface area contributed by atoms with Gasteiger partial charge in [-0.3, -0.25) is 4.79 Å². The lowest BCUT2D eigenvalue weighted by molar-refractivity contribution is 0.174. The fraction of sp³-hybridized carbons (Fsp3) is 0.235. The summed E-state index contributed by atoms with van der Waals surface area (Å²) in [5.41, 5.74) is 2.41. The van der Waals surface area contributed by atoms with Crippen molar-refractivity contribution < 1.29 is 9.47 Å². The van der Waals surface area contributed by atoms with Crippen molar-refractivity contribution in [1.29, 1.82) is 0 Å². The van der Waals surface area contributed by atoms with E-state index in [1.54, 1.807) is 11.8 Å². The van der Waals surface area contributed by atoms with Gasteiger partial charge < -0.3 is 14.0 Å². The Bertz CT molecular complexity index is 1020. The highest BCUT2D eigenvalue weighted by Crippen LogP contribution is 2.39. The molecule has 3 aromatic rings. The Hall–Kier alpha value is -2.14. The van der Waals surface area contributed by atoms with Crippen LogP contribution in [0.4, 0.5) is 0 Å². The van der Waals surface area contributed by atoms with Crippen LogP contribution in [0.25, 0.3) is 21.7 Å². The molecule has 0 N–H and O–H groups in total. The second-order valence-electron chi connectivity index (χ2n) is 5.64. The van der Waals surface area contributed by atoms with Gasteiger partial charge in [-0.2, -0.15) is 0 Å². The van der Waals surface area contributed by atoms with Crippen LogP contribution >= 0.6 is 11.8 Å². The summed E-state index contributed by atoms with van der Waals surface area (Å²) in [5, 5.41) is 2.80. The Morgan fingerprint density at radius 1 is 1.05 bits per heavy atom. The summed E-state index contributed by atoms with van der Waals surface area (Å²) in [6, 6.07) is 8.15. The van der Waals surface area contributed by atoms with E-state index >= 15 is 0 Å². The third-order valence-corrected chi connectivity index (χ3v) is 5.26. The lowest BCUT2D eigenvalue weighted by atomic mass is 10.0. The number of aromatic nitrogens is 1. The zero-order valence-electron chi connectivity index (χ0n) is 12.0. The van der Waals surface area contributed by atoms with E-state index < -0.39 is 0 Å². The monoisotopic (exact) mass is 311 g/mol. The average Bonchev–Trinajstić information content (AvgIpc) is 3.17. The maximum atomic E-state index is 12.8. The molecule has 0 fully saturated rings. The Morgan fingerprint density at radius 2 is 1.82 bits per heavy atom. The first kappa shape index (κ1) is 12.4. The van der Waals surface area contributed by atoms with Gasteiger partial charge in [0.15, 0.2) is 11.5 Å². The van der Waals surface area contributed by atoms with Crippen molar-refractivity contribution >= 4 is 33.4 Å². The first-order valence-electron chi connectivity index (χ1n) is 7.23. The molecule has 0 saturated carbocycles. The van der Waals surface area contributed by atoms with E-state index in [-0.39, 0.29) is 12.4 Å². The van der Waals surface area contributed by atoms with Crippen molar-refractivity contribution in [2.45, 2.75) is 17.9 Å². The predicted molar refractivity (Wildman–Crippen MR) is 87.3 cm³/mol. The van der Waals surface area contributed by atoms with E-state index in [1.807, 2.05) is 16.7 Å². The highest BCUT2D eigenvalue weighted by Gasteiger charge is 2.23. The first-order valence-corrected chi connectivity index (χ1v) is 8.45. The van der Waals surface area contributed by atoms with Crippen molar-refractivity contribution in [2.24, 2.45) is 0 Å². The lowest BCUT2D eigenvalue weighted by Crippen LogP contribution is -2.18. The third kappa shape index (κ3) is 1.47. The Morgan fingerprint density at radius 3 is 2.59 bits per heavy atom. The number of benzene rings is 2. The fourth-order valence-corrected chi connectivity index (χ4v) is 4.03. The second-order valence-corrected chi connectivity index (χ2v) is 6.52. The number of aryl methyl sites for hydroxylation is 2. The third-order valence-electron chi connectivity index (χ3n) is 4.55. The van der Waals surface area contributed by atoms with Crippen LogP contribution in [0, 0.1) is 0 Å². The topological polar surface area (TPSA) is 40.5 Å². The number of fused-ring (bicyclic) bond motifs is 3. The van der Waals surface area contributed by atoms with E-state index in [9.17, 15) is 4.79 Å². The molecule has 2 aromatic carbocycles. The smallest absolute Gasteiger partial charge is 0.259 e. The molecule has 0 spiro atoms. The minimum absolute atomic E-state index is 0.0662. The highest BCUT2D eigenvalue weighted by molar-refractivity contribution is 7.98. The summed E-state index contributed by atoms with van der Waals surface area (Å²) >= 11 is 1.73. The van der Waals surface area contributed by atoms with Gasteiger partial charge in [-0.05, 0) is 42.5 Å². The molecule has 0 unspecified atom stereocenters. The van der Waals surface area contributed by atoms with E-state index in [4.69, 9.17) is 9.47 Å². The molecule has 0 aliphatic carbocycles. The fourth-order valence-electron chi connectivity index (χ4n) is 3.53. The minimum Gasteiger partial charge on any atom is -0.454 e. The normalized spacial score (nSPS) is 15.1. The van der Waals surface area contributed by atoms with Gasteiger partial charge in [0.1, 0.15) is 0 Å². The van der Waals surface area contributed by atoms with Gasteiger partial charge in [-0.25, -0.2) is 0 Å². The van der Waals surface area contributed by atoms with Crippen molar-refractivity contribution in [3.05, 3.63) is 40.2 Å². The van der Waals surface area contributed by atoms with E-state index in [0.717, 1.165) is 35.0 Å². The summed E-state index contributed by atoms with van der Waals surface area (Å²) in [4.78, 5) is 14.1. The van der Waals surface area contributed by atoms with Crippen LogP contribution in [0.15, 0.2) is 34.0 Å². The number of hydrogen-bond donors (Lipinski definition) is 0. The number of hydrogen-bond acceptors (Lipinski definition) is 4. The van der Waals surface area contributed by atoms with Crippen molar-refractivity contribution in [3.63, 3.8) is 0 Å². The molecule has 5 heteroatoms. The van der Waals surface area contributed by atoms with Gasteiger partial charge in [0, 0.05) is 22.2 Å². The molecule has 0 radical (unpaired) electrons. The second kappa shape index (κ2) is 4.20. The SMILES string of the molecule is CSc1cc2c3c(c1)c1cc4c(cc1c(=O)n3CC2)OCO4. The van der Waals surface area contributed by atoms with Gasteiger partial charge >= 0.3 is 0 Å². The van der Waals surface area contributed by atoms with Gasteiger partial charge in [-0.1, -0.05) is 0 Å².